The number of halogens is 4. The molecule has 0 saturated carbocycles. The summed E-state index contributed by atoms with van der Waals surface area (Å²) >= 11 is 5.60. The average Bonchev–Trinajstić information content (AvgIpc) is 2.38. The first-order chi connectivity index (χ1) is 8.52. The van der Waals surface area contributed by atoms with Crippen molar-refractivity contribution < 1.29 is 13.2 Å². The van der Waals surface area contributed by atoms with Crippen molar-refractivity contribution >= 4 is 11.6 Å². The summed E-state index contributed by atoms with van der Waals surface area (Å²) in [6.07, 6.45) is -4.36. The summed E-state index contributed by atoms with van der Waals surface area (Å²) in [7, 11) is 0. The Kier molecular flexibility index (Phi) is 3.62. The maximum Gasteiger partial charge on any atom is 0.416 e. The number of hydrogen-bond donors (Lipinski definition) is 0. The van der Waals surface area contributed by atoms with E-state index in [-0.39, 0.29) is 11.4 Å². The van der Waals surface area contributed by atoms with E-state index in [0.29, 0.717) is 0 Å². The van der Waals surface area contributed by atoms with E-state index in [4.69, 9.17) is 11.6 Å². The first-order valence-corrected chi connectivity index (χ1v) is 5.87. The highest BCUT2D eigenvalue weighted by Gasteiger charge is 2.32. The van der Waals surface area contributed by atoms with Crippen LogP contribution < -0.4 is 0 Å². The molecule has 0 radical (unpaired) electrons. The molecular formula is C14H10ClF3. The van der Waals surface area contributed by atoms with Crippen LogP contribution in [0.5, 0.6) is 0 Å². The van der Waals surface area contributed by atoms with Gasteiger partial charge in [0.25, 0.3) is 0 Å². The summed E-state index contributed by atoms with van der Waals surface area (Å²) in [4.78, 5) is 0. The molecule has 0 N–H and O–H groups in total. The van der Waals surface area contributed by atoms with Crippen LogP contribution in [0, 0.1) is 0 Å². The highest BCUT2D eigenvalue weighted by atomic mass is 35.5. The molecule has 2 aromatic rings. The number of hydrogen-bond acceptors (Lipinski definition) is 0. The lowest BCUT2D eigenvalue weighted by Gasteiger charge is -2.12. The van der Waals surface area contributed by atoms with E-state index in [1.807, 2.05) is 30.3 Å². The van der Waals surface area contributed by atoms with Crippen molar-refractivity contribution in [2.45, 2.75) is 12.1 Å². The van der Waals surface area contributed by atoms with Gasteiger partial charge in [0.05, 0.1) is 5.56 Å². The SMILES string of the molecule is FC(F)(F)c1ccc(-c2ccccc2)cc1CCl. The Morgan fingerprint density at radius 1 is 0.889 bits per heavy atom. The molecule has 0 unspecified atom stereocenters. The smallest absolute Gasteiger partial charge is 0.166 e. The molecule has 4 heteroatoms. The zero-order chi connectivity index (χ0) is 13.2. The summed E-state index contributed by atoms with van der Waals surface area (Å²) in [6.45, 7) is 0. The van der Waals surface area contributed by atoms with Crippen molar-refractivity contribution in [1.29, 1.82) is 0 Å². The van der Waals surface area contributed by atoms with Crippen molar-refractivity contribution in [3.8, 4) is 11.1 Å². The fourth-order valence-electron chi connectivity index (χ4n) is 1.79. The number of rotatable bonds is 2. The third-order valence-corrected chi connectivity index (χ3v) is 2.95. The Bertz CT molecular complexity index is 532. The molecule has 0 spiro atoms. The molecule has 0 aliphatic heterocycles. The molecule has 0 aliphatic carbocycles. The molecule has 2 rings (SSSR count). The molecule has 0 amide bonds. The lowest BCUT2D eigenvalue weighted by atomic mass is 9.99. The van der Waals surface area contributed by atoms with Crippen LogP contribution in [0.25, 0.3) is 11.1 Å². The van der Waals surface area contributed by atoms with E-state index >= 15 is 0 Å². The quantitative estimate of drug-likeness (QED) is 0.665. The number of benzene rings is 2. The molecule has 18 heavy (non-hydrogen) atoms. The maximum absolute atomic E-state index is 12.7. The van der Waals surface area contributed by atoms with Crippen LogP contribution in [0.2, 0.25) is 0 Å². The van der Waals surface area contributed by atoms with Gasteiger partial charge in [-0.2, -0.15) is 13.2 Å². The summed E-state index contributed by atoms with van der Waals surface area (Å²) in [5, 5.41) is 0. The van der Waals surface area contributed by atoms with Crippen molar-refractivity contribution in [3.63, 3.8) is 0 Å². The third-order valence-electron chi connectivity index (χ3n) is 2.66. The minimum atomic E-state index is -4.36. The van der Waals surface area contributed by atoms with Gasteiger partial charge >= 0.3 is 6.18 Å². The van der Waals surface area contributed by atoms with Gasteiger partial charge in [0.2, 0.25) is 0 Å². The van der Waals surface area contributed by atoms with Gasteiger partial charge in [-0.25, -0.2) is 0 Å². The molecule has 0 bridgehead atoms. The molecule has 0 fully saturated rings. The van der Waals surface area contributed by atoms with E-state index < -0.39 is 11.7 Å². The molecule has 2 aromatic carbocycles. The minimum Gasteiger partial charge on any atom is -0.166 e. The highest BCUT2D eigenvalue weighted by molar-refractivity contribution is 6.17. The second-order valence-corrected chi connectivity index (χ2v) is 4.14. The normalized spacial score (nSPS) is 11.6. The van der Waals surface area contributed by atoms with E-state index in [2.05, 4.69) is 0 Å². The molecule has 94 valence electrons. The Balaban J connectivity index is 2.49. The van der Waals surface area contributed by atoms with Gasteiger partial charge in [0.15, 0.2) is 0 Å². The molecule has 0 aromatic heterocycles. The van der Waals surface area contributed by atoms with E-state index in [9.17, 15) is 13.2 Å². The maximum atomic E-state index is 12.7. The topological polar surface area (TPSA) is 0 Å². The predicted octanol–water partition coefficient (Wildman–Crippen LogP) is 5.11. The van der Waals surface area contributed by atoms with Crippen molar-refractivity contribution in [2.75, 3.05) is 0 Å². The second-order valence-electron chi connectivity index (χ2n) is 3.87. The van der Waals surface area contributed by atoms with Crippen molar-refractivity contribution in [1.82, 2.24) is 0 Å². The van der Waals surface area contributed by atoms with Gasteiger partial charge < -0.3 is 0 Å². The molecule has 0 nitrogen and oxygen atoms in total. The third kappa shape index (κ3) is 2.67. The molecular weight excluding hydrogens is 261 g/mol. The van der Waals surface area contributed by atoms with Gasteiger partial charge in [0, 0.05) is 5.88 Å². The van der Waals surface area contributed by atoms with Crippen molar-refractivity contribution in [3.05, 3.63) is 59.7 Å². The molecule has 0 heterocycles. The zero-order valence-corrected chi connectivity index (χ0v) is 10.1. The van der Waals surface area contributed by atoms with Crippen LogP contribution in [0.4, 0.5) is 13.2 Å². The standard InChI is InChI=1S/C14H10ClF3/c15-9-12-8-11(10-4-2-1-3-5-10)6-7-13(12)14(16,17)18/h1-8H,9H2. The lowest BCUT2D eigenvalue weighted by molar-refractivity contribution is -0.138. The lowest BCUT2D eigenvalue weighted by Crippen LogP contribution is -2.08. The van der Waals surface area contributed by atoms with E-state index in [1.54, 1.807) is 0 Å². The summed E-state index contributed by atoms with van der Waals surface area (Å²) < 4.78 is 38.1. The molecule has 0 saturated heterocycles. The van der Waals surface area contributed by atoms with Gasteiger partial charge in [0.1, 0.15) is 0 Å². The van der Waals surface area contributed by atoms with Crippen molar-refractivity contribution in [2.24, 2.45) is 0 Å². The Hall–Kier alpha value is -1.48. The Morgan fingerprint density at radius 3 is 2.11 bits per heavy atom. The van der Waals surface area contributed by atoms with Crippen LogP contribution in [0.3, 0.4) is 0 Å². The molecule has 0 aliphatic rings. The van der Waals surface area contributed by atoms with Crippen LogP contribution in [-0.2, 0) is 12.1 Å². The van der Waals surface area contributed by atoms with E-state index in [1.165, 1.54) is 12.1 Å². The van der Waals surface area contributed by atoms with Gasteiger partial charge in [-0.1, -0.05) is 36.4 Å². The Morgan fingerprint density at radius 2 is 1.56 bits per heavy atom. The molecule has 0 atom stereocenters. The largest absolute Gasteiger partial charge is 0.416 e. The summed E-state index contributed by atoms with van der Waals surface area (Å²) in [5.41, 5.74) is 1.04. The van der Waals surface area contributed by atoms with Crippen LogP contribution in [0.15, 0.2) is 48.5 Å². The minimum absolute atomic E-state index is 0.102. The second kappa shape index (κ2) is 5.02. The first-order valence-electron chi connectivity index (χ1n) is 5.34. The van der Waals surface area contributed by atoms with Gasteiger partial charge in [-0.05, 0) is 28.8 Å². The highest BCUT2D eigenvalue weighted by Crippen LogP contribution is 2.34. The first kappa shape index (κ1) is 13.0. The summed E-state index contributed by atoms with van der Waals surface area (Å²) in [6, 6.07) is 13.3. The van der Waals surface area contributed by atoms with Gasteiger partial charge in [-0.15, -0.1) is 11.6 Å². The summed E-state index contributed by atoms with van der Waals surface area (Å²) in [5.74, 6) is -0.157. The van der Waals surface area contributed by atoms with Crippen LogP contribution >= 0.6 is 11.6 Å². The zero-order valence-electron chi connectivity index (χ0n) is 9.34. The monoisotopic (exact) mass is 270 g/mol. The fraction of sp³-hybridized carbons (Fsp3) is 0.143. The number of alkyl halides is 4. The van der Waals surface area contributed by atoms with Gasteiger partial charge in [-0.3, -0.25) is 0 Å². The van der Waals surface area contributed by atoms with E-state index in [0.717, 1.165) is 17.2 Å². The van der Waals surface area contributed by atoms with Crippen LogP contribution in [-0.4, -0.2) is 0 Å². The average molecular weight is 271 g/mol. The fourth-order valence-corrected chi connectivity index (χ4v) is 2.01. The van der Waals surface area contributed by atoms with Crippen LogP contribution in [0.1, 0.15) is 11.1 Å². The Labute approximate surface area is 108 Å². The predicted molar refractivity (Wildman–Crippen MR) is 66.4 cm³/mol.